The molecule has 152 valence electrons. The zero-order chi connectivity index (χ0) is 20.7. The van der Waals surface area contributed by atoms with Crippen LogP contribution in [0.3, 0.4) is 0 Å². The Bertz CT molecular complexity index is 1010. The van der Waals surface area contributed by atoms with Crippen LogP contribution in [0.25, 0.3) is 6.08 Å². The molecule has 1 heterocycles. The fourth-order valence-corrected chi connectivity index (χ4v) is 4.29. The van der Waals surface area contributed by atoms with Crippen LogP contribution in [-0.2, 0) is 14.8 Å². The maximum atomic E-state index is 12.7. The first-order chi connectivity index (χ1) is 14.0. The summed E-state index contributed by atoms with van der Waals surface area (Å²) < 4.78 is 32.0. The van der Waals surface area contributed by atoms with Gasteiger partial charge in [-0.15, -0.1) is 0 Å². The molecule has 0 saturated carbocycles. The van der Waals surface area contributed by atoms with E-state index in [1.54, 1.807) is 18.3 Å². The van der Waals surface area contributed by atoms with Crippen LogP contribution >= 0.6 is 0 Å². The molecular weight excluding hydrogens is 390 g/mol. The number of carbonyl (C=O) groups is 1. The van der Waals surface area contributed by atoms with Gasteiger partial charge in [0.2, 0.25) is 10.0 Å². The molecule has 0 atom stereocenters. The quantitative estimate of drug-likeness (QED) is 0.582. The van der Waals surface area contributed by atoms with E-state index < -0.39 is 15.9 Å². The number of hydrogen-bond donors (Lipinski definition) is 1. The third-order valence-corrected chi connectivity index (χ3v) is 6.23. The van der Waals surface area contributed by atoms with Crippen molar-refractivity contribution in [3.63, 3.8) is 0 Å². The number of hydrogen-bond acceptors (Lipinski definition) is 5. The number of sulfonamides is 1. The summed E-state index contributed by atoms with van der Waals surface area (Å²) in [5.41, 5.74) is 4.55. The van der Waals surface area contributed by atoms with Gasteiger partial charge in [-0.1, -0.05) is 42.5 Å². The number of morpholine rings is 1. The van der Waals surface area contributed by atoms with Crippen molar-refractivity contribution in [2.24, 2.45) is 5.10 Å². The predicted octanol–water partition coefficient (Wildman–Crippen LogP) is 2.53. The van der Waals surface area contributed by atoms with Crippen LogP contribution < -0.4 is 5.43 Å². The van der Waals surface area contributed by atoms with Gasteiger partial charge in [-0.05, 0) is 36.3 Å². The molecule has 0 aliphatic carbocycles. The van der Waals surface area contributed by atoms with Crippen molar-refractivity contribution in [1.29, 1.82) is 0 Å². The van der Waals surface area contributed by atoms with Gasteiger partial charge in [0.05, 0.1) is 24.3 Å². The molecule has 1 aliphatic rings. The van der Waals surface area contributed by atoms with Crippen LogP contribution in [0.2, 0.25) is 0 Å². The van der Waals surface area contributed by atoms with E-state index in [2.05, 4.69) is 10.5 Å². The molecule has 0 spiro atoms. The zero-order valence-corrected chi connectivity index (χ0v) is 16.9. The molecule has 29 heavy (non-hydrogen) atoms. The standard InChI is InChI=1S/C21H23N3O4S/c1-17(14-18-6-3-2-4-7-18)16-22-23-21(25)19-8-5-9-20(15-19)29(26,27)24-10-12-28-13-11-24/h2-9,14-16H,10-13H2,1H3,(H,23,25)/b17-14+,22-16-. The molecule has 0 unspecified atom stereocenters. The highest BCUT2D eigenvalue weighted by molar-refractivity contribution is 7.89. The van der Waals surface area contributed by atoms with Crippen molar-refractivity contribution in [1.82, 2.24) is 9.73 Å². The SMILES string of the molecule is CC(/C=N\NC(=O)c1cccc(S(=O)(=O)N2CCOCC2)c1)=C\c1ccccc1. The third-order valence-electron chi connectivity index (χ3n) is 4.33. The van der Waals surface area contributed by atoms with Gasteiger partial charge < -0.3 is 4.74 Å². The van der Waals surface area contributed by atoms with Crippen LogP contribution in [0.1, 0.15) is 22.8 Å². The summed E-state index contributed by atoms with van der Waals surface area (Å²) in [6, 6.07) is 15.7. The van der Waals surface area contributed by atoms with Crippen molar-refractivity contribution in [2.75, 3.05) is 26.3 Å². The molecule has 8 heteroatoms. The number of hydrazone groups is 1. The third kappa shape index (κ3) is 5.60. The second-order valence-corrected chi connectivity index (χ2v) is 8.48. The monoisotopic (exact) mass is 413 g/mol. The number of carbonyl (C=O) groups excluding carboxylic acids is 1. The van der Waals surface area contributed by atoms with Crippen LogP contribution in [-0.4, -0.2) is 51.1 Å². The molecule has 0 bridgehead atoms. The van der Waals surface area contributed by atoms with Crippen molar-refractivity contribution in [3.8, 4) is 0 Å². The molecule has 3 rings (SSSR count). The van der Waals surface area contributed by atoms with Crippen LogP contribution in [0.5, 0.6) is 0 Å². The molecule has 1 fully saturated rings. The van der Waals surface area contributed by atoms with Crippen LogP contribution in [0.4, 0.5) is 0 Å². The van der Waals surface area contributed by atoms with E-state index in [1.165, 1.54) is 16.4 Å². The Hall–Kier alpha value is -2.81. The molecule has 0 radical (unpaired) electrons. The van der Waals surface area contributed by atoms with E-state index in [4.69, 9.17) is 4.74 Å². The van der Waals surface area contributed by atoms with Crippen molar-refractivity contribution in [2.45, 2.75) is 11.8 Å². The Morgan fingerprint density at radius 3 is 2.55 bits per heavy atom. The topological polar surface area (TPSA) is 88.1 Å². The minimum Gasteiger partial charge on any atom is -0.379 e. The smallest absolute Gasteiger partial charge is 0.271 e. The van der Waals surface area contributed by atoms with E-state index in [1.807, 2.05) is 43.3 Å². The highest BCUT2D eigenvalue weighted by Gasteiger charge is 2.26. The molecule has 1 aliphatic heterocycles. The summed E-state index contributed by atoms with van der Waals surface area (Å²) in [6.07, 6.45) is 3.48. The van der Waals surface area contributed by atoms with Crippen LogP contribution in [0.15, 0.2) is 70.2 Å². The highest BCUT2D eigenvalue weighted by Crippen LogP contribution is 2.18. The minimum absolute atomic E-state index is 0.0798. The Labute approximate surface area is 170 Å². The lowest BCUT2D eigenvalue weighted by atomic mass is 10.1. The minimum atomic E-state index is -3.66. The number of nitrogens with one attached hydrogen (secondary N) is 1. The first kappa shape index (κ1) is 20.9. The maximum Gasteiger partial charge on any atom is 0.271 e. The van der Waals surface area contributed by atoms with Gasteiger partial charge in [0.15, 0.2) is 0 Å². The van der Waals surface area contributed by atoms with Crippen LogP contribution in [0, 0.1) is 0 Å². The number of benzene rings is 2. The summed E-state index contributed by atoms with van der Waals surface area (Å²) >= 11 is 0. The fourth-order valence-electron chi connectivity index (χ4n) is 2.84. The van der Waals surface area contributed by atoms with Crippen molar-refractivity contribution in [3.05, 3.63) is 71.3 Å². The lowest BCUT2D eigenvalue weighted by molar-refractivity contribution is 0.0730. The number of ether oxygens (including phenoxy) is 1. The van der Waals surface area contributed by atoms with Gasteiger partial charge in [-0.3, -0.25) is 4.79 Å². The van der Waals surface area contributed by atoms with E-state index >= 15 is 0 Å². The molecular formula is C21H23N3O4S. The highest BCUT2D eigenvalue weighted by atomic mass is 32.2. The normalized spacial score (nSPS) is 16.1. The summed E-state index contributed by atoms with van der Waals surface area (Å²) in [5, 5.41) is 3.96. The molecule has 0 aromatic heterocycles. The Balaban J connectivity index is 1.67. The Kier molecular flexibility index (Phi) is 6.92. The zero-order valence-electron chi connectivity index (χ0n) is 16.1. The van der Waals surface area contributed by atoms with E-state index in [0.29, 0.717) is 26.3 Å². The number of rotatable bonds is 6. The molecule has 1 amide bonds. The summed E-state index contributed by atoms with van der Waals surface area (Å²) in [6.45, 7) is 3.21. The molecule has 2 aromatic carbocycles. The first-order valence-corrected chi connectivity index (χ1v) is 10.7. The van der Waals surface area contributed by atoms with Gasteiger partial charge in [0, 0.05) is 18.7 Å². The average molecular weight is 413 g/mol. The van der Waals surface area contributed by atoms with Gasteiger partial charge >= 0.3 is 0 Å². The average Bonchev–Trinajstić information content (AvgIpc) is 2.75. The summed E-state index contributed by atoms with van der Waals surface area (Å²) in [4.78, 5) is 12.4. The van der Waals surface area contributed by atoms with E-state index in [-0.39, 0.29) is 10.5 Å². The molecule has 1 saturated heterocycles. The Morgan fingerprint density at radius 1 is 1.10 bits per heavy atom. The van der Waals surface area contributed by atoms with Crippen molar-refractivity contribution < 1.29 is 17.9 Å². The molecule has 1 N–H and O–H groups in total. The number of nitrogens with zero attached hydrogens (tertiary/aromatic N) is 2. The van der Waals surface area contributed by atoms with E-state index in [9.17, 15) is 13.2 Å². The van der Waals surface area contributed by atoms with E-state index in [0.717, 1.165) is 11.1 Å². The molecule has 7 nitrogen and oxygen atoms in total. The maximum absolute atomic E-state index is 12.7. The number of amides is 1. The number of allylic oxidation sites excluding steroid dienone is 1. The van der Waals surface area contributed by atoms with Gasteiger partial charge in [-0.2, -0.15) is 9.41 Å². The molecule has 2 aromatic rings. The second-order valence-electron chi connectivity index (χ2n) is 6.54. The van der Waals surface area contributed by atoms with Gasteiger partial charge in [0.1, 0.15) is 0 Å². The summed E-state index contributed by atoms with van der Waals surface area (Å²) in [7, 11) is -3.66. The Morgan fingerprint density at radius 2 is 1.83 bits per heavy atom. The van der Waals surface area contributed by atoms with Gasteiger partial charge in [-0.25, -0.2) is 13.8 Å². The predicted molar refractivity (Wildman–Crippen MR) is 112 cm³/mol. The fraction of sp³-hybridized carbons (Fsp3) is 0.238. The van der Waals surface area contributed by atoms with Crippen molar-refractivity contribution >= 4 is 28.2 Å². The lowest BCUT2D eigenvalue weighted by Crippen LogP contribution is -2.40. The second kappa shape index (κ2) is 9.60. The summed E-state index contributed by atoms with van der Waals surface area (Å²) in [5.74, 6) is -0.479. The first-order valence-electron chi connectivity index (χ1n) is 9.21. The largest absolute Gasteiger partial charge is 0.379 e. The lowest BCUT2D eigenvalue weighted by Gasteiger charge is -2.26. The van der Waals surface area contributed by atoms with Gasteiger partial charge in [0.25, 0.3) is 5.91 Å².